The van der Waals surface area contributed by atoms with Crippen LogP contribution in [0, 0.1) is 13.8 Å². The molecule has 4 rings (SSSR count). The normalized spacial score (nSPS) is 14.4. The minimum Gasteiger partial charge on any atom is -0.404 e. The molecule has 0 radical (unpaired) electrons. The second-order valence-corrected chi connectivity index (χ2v) is 8.77. The van der Waals surface area contributed by atoms with Crippen molar-refractivity contribution in [1.82, 2.24) is 19.6 Å². The molecular formula is C19H20N4O4S. The van der Waals surface area contributed by atoms with Gasteiger partial charge in [-0.2, -0.15) is 10.2 Å². The summed E-state index contributed by atoms with van der Waals surface area (Å²) in [6.07, 6.45) is 3.13. The van der Waals surface area contributed by atoms with Crippen LogP contribution < -0.4 is 4.74 Å². The van der Waals surface area contributed by atoms with Crippen molar-refractivity contribution >= 4 is 15.8 Å². The van der Waals surface area contributed by atoms with Crippen LogP contribution in [0.4, 0.5) is 0 Å². The van der Waals surface area contributed by atoms with Crippen LogP contribution in [-0.4, -0.2) is 33.9 Å². The van der Waals surface area contributed by atoms with Crippen LogP contribution in [0.3, 0.4) is 0 Å². The van der Waals surface area contributed by atoms with Crippen molar-refractivity contribution < 1.29 is 17.9 Å². The van der Waals surface area contributed by atoms with Crippen LogP contribution in [0.25, 0.3) is 11.3 Å². The van der Waals surface area contributed by atoms with Crippen molar-refractivity contribution in [3.05, 3.63) is 46.8 Å². The number of carbonyl (C=O) groups is 1. The molecule has 0 fully saturated rings. The fourth-order valence-corrected chi connectivity index (χ4v) is 5.65. The molecule has 0 spiro atoms. The molecule has 28 heavy (non-hydrogen) atoms. The second kappa shape index (κ2) is 6.30. The number of hydrogen-bond acceptors (Lipinski definition) is 6. The Morgan fingerprint density at radius 1 is 1.29 bits per heavy atom. The summed E-state index contributed by atoms with van der Waals surface area (Å²) in [5.41, 5.74) is 3.27. The van der Waals surface area contributed by atoms with Crippen LogP contribution in [0.2, 0.25) is 0 Å². The van der Waals surface area contributed by atoms with Crippen molar-refractivity contribution in [3.8, 4) is 17.1 Å². The summed E-state index contributed by atoms with van der Waals surface area (Å²) in [5, 5.41) is 8.31. The molecule has 1 aromatic carbocycles. The van der Waals surface area contributed by atoms with E-state index >= 15 is 0 Å². The first-order valence-electron chi connectivity index (χ1n) is 8.86. The number of sulfone groups is 1. The summed E-state index contributed by atoms with van der Waals surface area (Å²) < 4.78 is 34.5. The number of ether oxygens (including phenoxy) is 1. The van der Waals surface area contributed by atoms with E-state index in [-0.39, 0.29) is 10.6 Å². The van der Waals surface area contributed by atoms with Crippen molar-refractivity contribution in [1.29, 1.82) is 0 Å². The average molecular weight is 400 g/mol. The molecule has 0 bridgehead atoms. The topological polar surface area (TPSA) is 96.1 Å². The molecule has 0 N–H and O–H groups in total. The molecule has 0 amide bonds. The number of aryl methyl sites for hydroxylation is 3. The van der Waals surface area contributed by atoms with Crippen molar-refractivity contribution in [2.24, 2.45) is 7.05 Å². The van der Waals surface area contributed by atoms with Gasteiger partial charge in [-0.3, -0.25) is 4.68 Å². The minimum absolute atomic E-state index is 0.0943. The summed E-state index contributed by atoms with van der Waals surface area (Å²) in [6, 6.07) is 3.20. The van der Waals surface area contributed by atoms with Gasteiger partial charge < -0.3 is 4.74 Å². The molecule has 0 atom stereocenters. The van der Waals surface area contributed by atoms with E-state index in [0.717, 1.165) is 5.69 Å². The standard InChI is InChI=1S/C19H20N4O4S/c1-5-23-15(6-7-20-23)27-19(24)14-8-11(2)18-16(12(14)3)17-13(9-21-22(17)4)10-28(18,25)26/h6-9H,5,10H2,1-4H3. The van der Waals surface area contributed by atoms with E-state index in [1.54, 1.807) is 54.8 Å². The highest BCUT2D eigenvalue weighted by molar-refractivity contribution is 7.91. The molecule has 3 heterocycles. The summed E-state index contributed by atoms with van der Waals surface area (Å²) in [6.45, 7) is 5.90. The van der Waals surface area contributed by atoms with E-state index in [2.05, 4.69) is 10.2 Å². The van der Waals surface area contributed by atoms with Gasteiger partial charge in [0.2, 0.25) is 5.88 Å². The lowest BCUT2D eigenvalue weighted by Gasteiger charge is -2.23. The zero-order chi connectivity index (χ0) is 20.2. The number of benzene rings is 1. The molecule has 3 aromatic rings. The largest absolute Gasteiger partial charge is 0.404 e. The van der Waals surface area contributed by atoms with Crippen molar-refractivity contribution in [2.45, 2.75) is 38.0 Å². The quantitative estimate of drug-likeness (QED) is 0.627. The van der Waals surface area contributed by atoms with Crippen molar-refractivity contribution in [3.63, 3.8) is 0 Å². The number of carbonyl (C=O) groups excluding carboxylic acids is 1. The maximum Gasteiger partial charge on any atom is 0.345 e. The predicted molar refractivity (Wildman–Crippen MR) is 102 cm³/mol. The van der Waals surface area contributed by atoms with Crippen LogP contribution in [-0.2, 0) is 29.2 Å². The lowest BCUT2D eigenvalue weighted by Crippen LogP contribution is -2.20. The van der Waals surface area contributed by atoms with Crippen molar-refractivity contribution in [2.75, 3.05) is 0 Å². The fraction of sp³-hybridized carbons (Fsp3) is 0.316. The van der Waals surface area contributed by atoms with Gasteiger partial charge >= 0.3 is 5.97 Å². The molecule has 0 saturated heterocycles. The van der Waals surface area contributed by atoms with E-state index < -0.39 is 15.8 Å². The highest BCUT2D eigenvalue weighted by Gasteiger charge is 2.35. The number of aromatic nitrogens is 4. The summed E-state index contributed by atoms with van der Waals surface area (Å²) in [5.74, 6) is -0.301. The van der Waals surface area contributed by atoms with Crippen LogP contribution in [0.15, 0.2) is 29.4 Å². The summed E-state index contributed by atoms with van der Waals surface area (Å²) >= 11 is 0. The number of fused-ring (bicyclic) bond motifs is 3. The summed E-state index contributed by atoms with van der Waals surface area (Å²) in [7, 11) is -1.75. The molecule has 0 aliphatic carbocycles. The van der Waals surface area contributed by atoms with E-state index in [4.69, 9.17) is 4.74 Å². The second-order valence-electron chi connectivity index (χ2n) is 6.85. The van der Waals surface area contributed by atoms with Gasteiger partial charge in [-0.1, -0.05) is 0 Å². The number of rotatable bonds is 3. The molecule has 0 unspecified atom stereocenters. The van der Waals surface area contributed by atoms with Gasteiger partial charge in [0.15, 0.2) is 9.84 Å². The van der Waals surface area contributed by atoms with Gasteiger partial charge in [0, 0.05) is 30.8 Å². The average Bonchev–Trinajstić information content (AvgIpc) is 3.22. The Hall–Kier alpha value is -2.94. The molecule has 2 aromatic heterocycles. The van der Waals surface area contributed by atoms with E-state index in [9.17, 15) is 13.2 Å². The maximum absolute atomic E-state index is 12.9. The highest BCUT2D eigenvalue weighted by Crippen LogP contribution is 2.42. The first-order valence-corrected chi connectivity index (χ1v) is 10.5. The molecular weight excluding hydrogens is 380 g/mol. The molecule has 1 aliphatic rings. The molecule has 1 aliphatic heterocycles. The lowest BCUT2D eigenvalue weighted by molar-refractivity contribution is 0.0717. The fourth-order valence-electron chi connectivity index (χ4n) is 3.77. The van der Waals surface area contributed by atoms with E-state index in [1.165, 1.54) is 0 Å². The Bertz CT molecular complexity index is 1220. The predicted octanol–water partition coefficient (Wildman–Crippen LogP) is 2.43. The monoisotopic (exact) mass is 400 g/mol. The molecule has 0 saturated carbocycles. The lowest BCUT2D eigenvalue weighted by atomic mass is 9.95. The van der Waals surface area contributed by atoms with Crippen LogP contribution >= 0.6 is 0 Å². The van der Waals surface area contributed by atoms with Gasteiger partial charge in [-0.25, -0.2) is 17.9 Å². The number of esters is 1. The molecule has 8 nitrogen and oxygen atoms in total. The summed E-state index contributed by atoms with van der Waals surface area (Å²) in [4.78, 5) is 13.2. The van der Waals surface area contributed by atoms with Gasteiger partial charge in [0.1, 0.15) is 0 Å². The first-order chi connectivity index (χ1) is 13.2. The zero-order valence-corrected chi connectivity index (χ0v) is 16.9. The zero-order valence-electron chi connectivity index (χ0n) is 16.1. The smallest absolute Gasteiger partial charge is 0.345 e. The Labute approximate surface area is 162 Å². The van der Waals surface area contributed by atoms with Gasteiger partial charge in [-0.05, 0) is 38.0 Å². The maximum atomic E-state index is 12.9. The Morgan fingerprint density at radius 2 is 2.04 bits per heavy atom. The highest BCUT2D eigenvalue weighted by atomic mass is 32.2. The number of nitrogens with zero attached hydrogens (tertiary/aromatic N) is 4. The van der Waals surface area contributed by atoms with Gasteiger partial charge in [-0.15, -0.1) is 0 Å². The molecule has 146 valence electrons. The van der Waals surface area contributed by atoms with Crippen LogP contribution in [0.5, 0.6) is 5.88 Å². The Balaban J connectivity index is 1.90. The van der Waals surface area contributed by atoms with Crippen LogP contribution in [0.1, 0.15) is 34.0 Å². The third kappa shape index (κ3) is 2.65. The van der Waals surface area contributed by atoms with E-state index in [0.29, 0.717) is 40.2 Å². The third-order valence-electron chi connectivity index (χ3n) is 5.03. The Morgan fingerprint density at radius 3 is 2.75 bits per heavy atom. The first kappa shape index (κ1) is 18.4. The number of hydrogen-bond donors (Lipinski definition) is 0. The third-order valence-corrected chi connectivity index (χ3v) is 6.87. The molecule has 9 heteroatoms. The van der Waals surface area contributed by atoms with E-state index in [1.807, 2.05) is 6.92 Å². The Kier molecular flexibility index (Phi) is 4.15. The SMILES string of the molecule is CCn1nccc1OC(=O)c1cc(C)c2c(c1C)-c1c(cnn1C)CS2(=O)=O. The van der Waals surface area contributed by atoms with Gasteiger partial charge in [0.25, 0.3) is 0 Å². The van der Waals surface area contributed by atoms with Gasteiger partial charge in [0.05, 0.1) is 34.3 Å². The minimum atomic E-state index is -3.52.